The topological polar surface area (TPSA) is 72.6 Å². The summed E-state index contributed by atoms with van der Waals surface area (Å²) in [4.78, 5) is -0.486. The molecule has 0 aromatic heterocycles. The van der Waals surface area contributed by atoms with Gasteiger partial charge in [-0.2, -0.15) is 4.31 Å². The quantitative estimate of drug-likeness (QED) is 0.891. The number of halogens is 4. The zero-order valence-electron chi connectivity index (χ0n) is 11.4. The van der Waals surface area contributed by atoms with Gasteiger partial charge in [0.05, 0.1) is 0 Å². The van der Waals surface area contributed by atoms with E-state index in [1.807, 2.05) is 0 Å². The molecule has 1 aromatic carbocycles. The standard InChI is InChI=1S/C12H15F3N2O3S.ClH/c13-12(14,15)20-10-3-1-2-4-11(10)21(18,19)17-6-5-9(7-16)8-17;/h1-4,9H,5-8,16H2;1H. The predicted octanol–water partition coefficient (Wildman–Crippen LogP) is 1.98. The lowest BCUT2D eigenvalue weighted by atomic mass is 10.1. The number of sulfonamides is 1. The van der Waals surface area contributed by atoms with Gasteiger partial charge in [-0.05, 0) is 31.0 Å². The number of nitrogens with zero attached hydrogens (tertiary/aromatic N) is 1. The maximum Gasteiger partial charge on any atom is 0.573 e. The van der Waals surface area contributed by atoms with Gasteiger partial charge in [0, 0.05) is 13.1 Å². The van der Waals surface area contributed by atoms with Crippen molar-refractivity contribution < 1.29 is 26.3 Å². The van der Waals surface area contributed by atoms with Gasteiger partial charge in [0.15, 0.2) is 0 Å². The first-order valence-corrected chi connectivity index (χ1v) is 7.73. The fraction of sp³-hybridized carbons (Fsp3) is 0.500. The fourth-order valence-electron chi connectivity index (χ4n) is 2.22. The lowest BCUT2D eigenvalue weighted by molar-refractivity contribution is -0.275. The first-order chi connectivity index (χ1) is 9.74. The van der Waals surface area contributed by atoms with E-state index in [4.69, 9.17) is 5.73 Å². The minimum atomic E-state index is -4.95. The van der Waals surface area contributed by atoms with Crippen molar-refractivity contribution in [2.24, 2.45) is 11.7 Å². The Kier molecular flexibility index (Phi) is 6.08. The van der Waals surface area contributed by atoms with Crippen LogP contribution in [0.15, 0.2) is 29.2 Å². The SMILES string of the molecule is Cl.NCC1CCN(S(=O)(=O)c2ccccc2OC(F)(F)F)C1. The van der Waals surface area contributed by atoms with E-state index in [-0.39, 0.29) is 31.4 Å². The summed E-state index contributed by atoms with van der Waals surface area (Å²) in [6.07, 6.45) is -4.35. The highest BCUT2D eigenvalue weighted by Gasteiger charge is 2.37. The van der Waals surface area contributed by atoms with E-state index in [0.29, 0.717) is 13.0 Å². The van der Waals surface area contributed by atoms with Crippen LogP contribution in [-0.4, -0.2) is 38.7 Å². The van der Waals surface area contributed by atoms with Crippen LogP contribution in [0.2, 0.25) is 0 Å². The number of hydrogen-bond donors (Lipinski definition) is 1. The molecule has 1 aliphatic rings. The van der Waals surface area contributed by atoms with Crippen LogP contribution in [0.4, 0.5) is 13.2 Å². The third-order valence-corrected chi connectivity index (χ3v) is 5.18. The highest BCUT2D eigenvalue weighted by molar-refractivity contribution is 7.89. The molecule has 0 spiro atoms. The van der Waals surface area contributed by atoms with Gasteiger partial charge in [-0.25, -0.2) is 8.42 Å². The minimum absolute atomic E-state index is 0. The van der Waals surface area contributed by atoms with Crippen molar-refractivity contribution >= 4 is 22.4 Å². The molecule has 0 bridgehead atoms. The van der Waals surface area contributed by atoms with Crippen molar-refractivity contribution in [2.75, 3.05) is 19.6 Å². The number of para-hydroxylation sites is 1. The van der Waals surface area contributed by atoms with E-state index in [1.54, 1.807) is 0 Å². The summed E-state index contributed by atoms with van der Waals surface area (Å²) in [7, 11) is -4.03. The zero-order valence-corrected chi connectivity index (χ0v) is 13.0. The fourth-order valence-corrected chi connectivity index (χ4v) is 3.86. The van der Waals surface area contributed by atoms with Crippen molar-refractivity contribution in [3.05, 3.63) is 24.3 Å². The smallest absolute Gasteiger partial charge is 0.404 e. The molecule has 0 aliphatic carbocycles. The second-order valence-electron chi connectivity index (χ2n) is 4.75. The van der Waals surface area contributed by atoms with E-state index >= 15 is 0 Å². The number of rotatable bonds is 4. The molecule has 1 atom stereocenters. The van der Waals surface area contributed by atoms with Crippen LogP contribution in [0.25, 0.3) is 0 Å². The Bertz CT molecular complexity index is 610. The molecule has 1 aliphatic heterocycles. The van der Waals surface area contributed by atoms with E-state index in [2.05, 4.69) is 4.74 Å². The molecule has 1 unspecified atom stereocenters. The molecule has 0 amide bonds. The molecule has 0 saturated carbocycles. The lowest BCUT2D eigenvalue weighted by Gasteiger charge is -2.19. The van der Waals surface area contributed by atoms with E-state index < -0.39 is 27.0 Å². The highest BCUT2D eigenvalue weighted by Crippen LogP contribution is 2.33. The van der Waals surface area contributed by atoms with Crippen molar-refractivity contribution in [3.8, 4) is 5.75 Å². The average molecular weight is 361 g/mol. The van der Waals surface area contributed by atoms with Gasteiger partial charge >= 0.3 is 6.36 Å². The third kappa shape index (κ3) is 4.25. The number of alkyl halides is 3. The molecule has 1 saturated heterocycles. The molecule has 1 aromatic rings. The summed E-state index contributed by atoms with van der Waals surface area (Å²) in [5.41, 5.74) is 5.50. The molecule has 10 heteroatoms. The van der Waals surface area contributed by atoms with Gasteiger partial charge in [-0.1, -0.05) is 12.1 Å². The van der Waals surface area contributed by atoms with Gasteiger partial charge < -0.3 is 10.5 Å². The molecule has 0 radical (unpaired) electrons. The summed E-state index contributed by atoms with van der Waals surface area (Å²) in [6.45, 7) is 0.788. The van der Waals surface area contributed by atoms with E-state index in [1.165, 1.54) is 12.1 Å². The zero-order chi connectivity index (χ0) is 15.7. The van der Waals surface area contributed by atoms with Crippen molar-refractivity contribution in [1.29, 1.82) is 0 Å². The summed E-state index contributed by atoms with van der Waals surface area (Å²) in [5, 5.41) is 0. The predicted molar refractivity (Wildman–Crippen MR) is 76.3 cm³/mol. The van der Waals surface area contributed by atoms with E-state index in [0.717, 1.165) is 16.4 Å². The summed E-state index contributed by atoms with van der Waals surface area (Å²) in [5.74, 6) is -0.698. The molecular formula is C12H16ClF3N2O3S. The summed E-state index contributed by atoms with van der Waals surface area (Å²) in [6, 6.07) is 4.72. The maximum atomic E-state index is 12.4. The normalized spacial score (nSPS) is 19.7. The average Bonchev–Trinajstić information content (AvgIpc) is 2.86. The summed E-state index contributed by atoms with van der Waals surface area (Å²) < 4.78 is 66.9. The van der Waals surface area contributed by atoms with Crippen LogP contribution >= 0.6 is 12.4 Å². The van der Waals surface area contributed by atoms with Crippen LogP contribution in [0, 0.1) is 5.92 Å². The highest BCUT2D eigenvalue weighted by atomic mass is 35.5. The van der Waals surface area contributed by atoms with Crippen molar-refractivity contribution in [2.45, 2.75) is 17.7 Å². The largest absolute Gasteiger partial charge is 0.573 e. The Morgan fingerprint density at radius 1 is 1.32 bits per heavy atom. The van der Waals surface area contributed by atoms with Crippen LogP contribution in [0.5, 0.6) is 5.75 Å². The molecule has 22 heavy (non-hydrogen) atoms. The number of benzene rings is 1. The Labute approximate surface area is 132 Å². The molecule has 2 N–H and O–H groups in total. The summed E-state index contributed by atoms with van der Waals surface area (Å²) >= 11 is 0. The molecule has 5 nitrogen and oxygen atoms in total. The van der Waals surface area contributed by atoms with Gasteiger partial charge in [0.25, 0.3) is 0 Å². The lowest BCUT2D eigenvalue weighted by Crippen LogP contribution is -2.31. The Hall–Kier alpha value is -1.03. The van der Waals surface area contributed by atoms with Gasteiger partial charge in [0.1, 0.15) is 10.6 Å². The Morgan fingerprint density at radius 2 is 1.95 bits per heavy atom. The Morgan fingerprint density at radius 3 is 2.50 bits per heavy atom. The molecular weight excluding hydrogens is 345 g/mol. The first kappa shape index (κ1) is 19.0. The molecule has 2 rings (SSSR count). The molecule has 1 heterocycles. The van der Waals surface area contributed by atoms with Gasteiger partial charge in [-0.3, -0.25) is 0 Å². The number of hydrogen-bond acceptors (Lipinski definition) is 4. The minimum Gasteiger partial charge on any atom is -0.404 e. The van der Waals surface area contributed by atoms with Crippen LogP contribution in [0.1, 0.15) is 6.42 Å². The van der Waals surface area contributed by atoms with Gasteiger partial charge in [0.2, 0.25) is 10.0 Å². The Balaban J connectivity index is 0.00000242. The number of nitrogens with two attached hydrogens (primary N) is 1. The molecule has 1 fully saturated rings. The van der Waals surface area contributed by atoms with Crippen LogP contribution < -0.4 is 10.5 Å². The van der Waals surface area contributed by atoms with Gasteiger partial charge in [-0.15, -0.1) is 25.6 Å². The maximum absolute atomic E-state index is 12.4. The second kappa shape index (κ2) is 7.03. The van der Waals surface area contributed by atoms with Crippen molar-refractivity contribution in [1.82, 2.24) is 4.31 Å². The van der Waals surface area contributed by atoms with Crippen molar-refractivity contribution in [3.63, 3.8) is 0 Å². The number of ether oxygens (including phenoxy) is 1. The second-order valence-corrected chi connectivity index (χ2v) is 6.65. The third-order valence-electron chi connectivity index (χ3n) is 3.27. The monoisotopic (exact) mass is 360 g/mol. The van der Waals surface area contributed by atoms with E-state index in [9.17, 15) is 21.6 Å². The first-order valence-electron chi connectivity index (χ1n) is 6.29. The van der Waals surface area contributed by atoms with Crippen LogP contribution in [0.3, 0.4) is 0 Å². The molecule has 126 valence electrons. The van der Waals surface area contributed by atoms with Crippen LogP contribution in [-0.2, 0) is 10.0 Å².